The van der Waals surface area contributed by atoms with Crippen molar-refractivity contribution in [1.29, 1.82) is 0 Å². The van der Waals surface area contributed by atoms with Crippen LogP contribution >= 0.6 is 0 Å². The molecule has 2 aliphatic rings. The lowest BCUT2D eigenvalue weighted by Gasteiger charge is -2.30. The van der Waals surface area contributed by atoms with Gasteiger partial charge in [-0.25, -0.2) is 13.6 Å². The van der Waals surface area contributed by atoms with Gasteiger partial charge in [0, 0.05) is 38.6 Å². The van der Waals surface area contributed by atoms with Crippen molar-refractivity contribution in [2.24, 2.45) is 0 Å². The number of carbonyl (C=O) groups excluding carboxylic acids is 1. The molecule has 1 aromatic rings. The maximum absolute atomic E-state index is 14.5. The lowest BCUT2D eigenvalue weighted by Crippen LogP contribution is -2.40. The van der Waals surface area contributed by atoms with E-state index in [-0.39, 0.29) is 18.7 Å². The molecule has 0 spiro atoms. The second kappa shape index (κ2) is 9.32. The molecule has 0 aliphatic carbocycles. The number of aryl methyl sites for hydroxylation is 1. The molecule has 0 saturated carbocycles. The van der Waals surface area contributed by atoms with E-state index in [1.54, 1.807) is 20.8 Å². The van der Waals surface area contributed by atoms with Gasteiger partial charge >= 0.3 is 6.09 Å². The zero-order valence-electron chi connectivity index (χ0n) is 17.3. The number of ether oxygens (including phenoxy) is 2. The van der Waals surface area contributed by atoms with Crippen molar-refractivity contribution < 1.29 is 31.8 Å². The molecule has 0 bridgehead atoms. The van der Waals surface area contributed by atoms with E-state index < -0.39 is 30.6 Å². The Morgan fingerprint density at radius 3 is 2.48 bits per heavy atom. The third-order valence-corrected chi connectivity index (χ3v) is 4.50. The minimum Gasteiger partial charge on any atom is -0.444 e. The fraction of sp³-hybridized carbons (Fsp3) is 0.789. The monoisotopic (exact) mass is 423 g/mol. The molecule has 166 valence electrons. The summed E-state index contributed by atoms with van der Waals surface area (Å²) in [6.45, 7) is 6.03. The minimum absolute atomic E-state index is 0.00161. The summed E-state index contributed by atoms with van der Waals surface area (Å²) in [6, 6.07) is 0. The Labute approximate surface area is 168 Å². The molecule has 3 rings (SSSR count). The molecule has 0 atom stereocenters. The third kappa shape index (κ3) is 6.32. The Bertz CT molecular complexity index is 702. The van der Waals surface area contributed by atoms with Gasteiger partial charge in [0.05, 0.1) is 12.2 Å². The van der Waals surface area contributed by atoms with Crippen LogP contribution < -0.4 is 0 Å². The summed E-state index contributed by atoms with van der Waals surface area (Å²) in [6.07, 6.45) is -1.25. The summed E-state index contributed by atoms with van der Waals surface area (Å²) in [5.41, 5.74) is 0.602. The average molecular weight is 423 g/mol. The van der Waals surface area contributed by atoms with E-state index in [0.717, 1.165) is 0 Å². The van der Waals surface area contributed by atoms with E-state index in [0.29, 0.717) is 43.6 Å². The topological polar surface area (TPSA) is 56.6 Å². The molecular formula is C19H29F4N3O3. The number of alkyl halides is 4. The van der Waals surface area contributed by atoms with Crippen LogP contribution in [0.15, 0.2) is 0 Å². The molecule has 2 aliphatic heterocycles. The van der Waals surface area contributed by atoms with Crippen molar-refractivity contribution >= 4 is 6.09 Å². The lowest BCUT2D eigenvalue weighted by atomic mass is 10.0. The second-order valence-electron chi connectivity index (χ2n) is 8.16. The predicted molar refractivity (Wildman–Crippen MR) is 98.2 cm³/mol. The third-order valence-electron chi connectivity index (χ3n) is 4.50. The van der Waals surface area contributed by atoms with Gasteiger partial charge in [-0.05, 0) is 33.6 Å². The molecule has 0 fully saturated rings. The molecule has 1 amide bonds. The zero-order valence-corrected chi connectivity index (χ0v) is 17.3. The van der Waals surface area contributed by atoms with Crippen LogP contribution in [-0.2, 0) is 34.9 Å². The van der Waals surface area contributed by atoms with Crippen LogP contribution in [0.3, 0.4) is 0 Å². The second-order valence-corrected chi connectivity index (χ2v) is 8.16. The molecule has 0 N–H and O–H groups in total. The maximum atomic E-state index is 14.5. The largest absolute Gasteiger partial charge is 0.444 e. The van der Waals surface area contributed by atoms with Gasteiger partial charge in [0.2, 0.25) is 0 Å². The number of aromatic nitrogens is 2. The molecule has 1 aromatic heterocycles. The van der Waals surface area contributed by atoms with Crippen molar-refractivity contribution in [3.63, 3.8) is 0 Å². The van der Waals surface area contributed by atoms with E-state index in [1.165, 1.54) is 16.7 Å². The first-order valence-corrected chi connectivity index (χ1v) is 9.66. The van der Waals surface area contributed by atoms with Crippen molar-refractivity contribution in [3.05, 3.63) is 17.0 Å². The van der Waals surface area contributed by atoms with Crippen molar-refractivity contribution in [3.8, 4) is 0 Å². The van der Waals surface area contributed by atoms with Gasteiger partial charge in [0.1, 0.15) is 17.9 Å². The number of rotatable bonds is 2. The molecular weight excluding hydrogens is 394 g/mol. The quantitative estimate of drug-likeness (QED) is 0.664. The molecule has 0 radical (unpaired) electrons. The number of hydrogen-bond acceptors (Lipinski definition) is 4. The van der Waals surface area contributed by atoms with Crippen LogP contribution in [0.5, 0.6) is 0 Å². The van der Waals surface area contributed by atoms with Gasteiger partial charge in [-0.2, -0.15) is 13.9 Å². The highest BCUT2D eigenvalue weighted by Crippen LogP contribution is 2.40. The first kappa shape index (κ1) is 23.4. The zero-order chi connectivity index (χ0) is 21.8. The van der Waals surface area contributed by atoms with E-state index in [1.807, 2.05) is 0 Å². The smallest absolute Gasteiger partial charge is 0.410 e. The van der Waals surface area contributed by atoms with Crippen LogP contribution in [0, 0.1) is 0 Å². The Hall–Kier alpha value is -1.84. The molecule has 6 nitrogen and oxygen atoms in total. The van der Waals surface area contributed by atoms with Crippen LogP contribution in [0.25, 0.3) is 0 Å². The van der Waals surface area contributed by atoms with Gasteiger partial charge in [-0.15, -0.1) is 0 Å². The van der Waals surface area contributed by atoms with E-state index in [4.69, 9.17) is 4.74 Å². The number of amides is 1. The molecule has 10 heteroatoms. The Morgan fingerprint density at radius 2 is 1.93 bits per heavy atom. The summed E-state index contributed by atoms with van der Waals surface area (Å²) < 4.78 is 61.7. The highest BCUT2D eigenvalue weighted by molar-refractivity contribution is 5.68. The lowest BCUT2D eigenvalue weighted by molar-refractivity contribution is -0.0211. The van der Waals surface area contributed by atoms with Crippen LogP contribution in [0.2, 0.25) is 0 Å². The SMILES string of the molecule is CC(C)(C)OC(=O)N1CCc2nn3c(c2C1)C(F)(F)CCCC3.COCC(F)F. The fourth-order valence-corrected chi connectivity index (χ4v) is 3.33. The van der Waals surface area contributed by atoms with E-state index in [2.05, 4.69) is 9.84 Å². The Kier molecular flexibility index (Phi) is 7.53. The average Bonchev–Trinajstić information content (AvgIpc) is 2.88. The van der Waals surface area contributed by atoms with E-state index in [9.17, 15) is 22.4 Å². The van der Waals surface area contributed by atoms with Gasteiger partial charge < -0.3 is 14.4 Å². The summed E-state index contributed by atoms with van der Waals surface area (Å²) in [5, 5.41) is 4.37. The number of carbonyl (C=O) groups is 1. The molecule has 0 unspecified atom stereocenters. The first-order valence-electron chi connectivity index (χ1n) is 9.66. The van der Waals surface area contributed by atoms with Gasteiger partial charge in [0.25, 0.3) is 12.3 Å². The van der Waals surface area contributed by atoms with Gasteiger partial charge in [-0.1, -0.05) is 0 Å². The number of nitrogens with zero attached hydrogens (tertiary/aromatic N) is 3. The number of methoxy groups -OCH3 is 1. The highest BCUT2D eigenvalue weighted by Gasteiger charge is 2.42. The highest BCUT2D eigenvalue weighted by atomic mass is 19.3. The molecule has 0 aromatic carbocycles. The fourth-order valence-electron chi connectivity index (χ4n) is 3.33. The summed E-state index contributed by atoms with van der Waals surface area (Å²) in [7, 11) is 1.24. The first-order chi connectivity index (χ1) is 13.4. The normalized spacial score (nSPS) is 18.3. The summed E-state index contributed by atoms with van der Waals surface area (Å²) in [4.78, 5) is 13.7. The molecule has 0 saturated heterocycles. The molecule has 29 heavy (non-hydrogen) atoms. The molecule has 3 heterocycles. The maximum Gasteiger partial charge on any atom is 0.410 e. The van der Waals surface area contributed by atoms with Crippen LogP contribution in [-0.4, -0.2) is 53.1 Å². The van der Waals surface area contributed by atoms with Crippen LogP contribution in [0.1, 0.15) is 57.0 Å². The van der Waals surface area contributed by atoms with Crippen molar-refractivity contribution in [2.75, 3.05) is 20.3 Å². The standard InChI is InChI=1S/C16H23F2N3O2.C3H6F2O/c1-15(2,3)23-14(22)20-9-6-12-11(10-20)13-16(17,18)7-4-5-8-21(13)19-12;1-6-2-3(4)5/h4-10H2,1-3H3;3H,2H2,1H3. The number of hydrogen-bond donors (Lipinski definition) is 0. The van der Waals surface area contributed by atoms with Crippen molar-refractivity contribution in [2.45, 2.75) is 77.5 Å². The van der Waals surface area contributed by atoms with E-state index >= 15 is 0 Å². The Morgan fingerprint density at radius 1 is 1.24 bits per heavy atom. The van der Waals surface area contributed by atoms with Gasteiger partial charge in [-0.3, -0.25) is 4.68 Å². The predicted octanol–water partition coefficient (Wildman–Crippen LogP) is 4.35. The number of fused-ring (bicyclic) bond motifs is 3. The number of halogens is 4. The summed E-state index contributed by atoms with van der Waals surface area (Å²) in [5.74, 6) is -2.88. The summed E-state index contributed by atoms with van der Waals surface area (Å²) >= 11 is 0. The Balaban J connectivity index is 0.000000438. The van der Waals surface area contributed by atoms with Crippen LogP contribution in [0.4, 0.5) is 22.4 Å². The van der Waals surface area contributed by atoms with Gasteiger partial charge in [0.15, 0.2) is 0 Å². The van der Waals surface area contributed by atoms with Crippen molar-refractivity contribution in [1.82, 2.24) is 14.7 Å². The minimum atomic E-state index is -2.88.